The zero-order valence-electron chi connectivity index (χ0n) is 13.9. The van der Waals surface area contributed by atoms with Crippen molar-refractivity contribution in [1.29, 1.82) is 0 Å². The number of rotatable bonds is 3. The Kier molecular flexibility index (Phi) is 4.92. The second-order valence-corrected chi connectivity index (χ2v) is 7.34. The Bertz CT molecular complexity index is 481. The number of hydrogen-bond acceptors (Lipinski definition) is 2. The van der Waals surface area contributed by atoms with Gasteiger partial charge in [0.15, 0.2) is 0 Å². The number of nitrogens with one attached hydrogen (secondary N) is 1. The van der Waals surface area contributed by atoms with Crippen LogP contribution in [0.25, 0.3) is 0 Å². The van der Waals surface area contributed by atoms with Crippen LogP contribution in [0.1, 0.15) is 45.6 Å². The minimum Gasteiger partial charge on any atom is -0.489 e. The molecule has 1 fully saturated rings. The largest absolute Gasteiger partial charge is 0.489 e. The fourth-order valence-corrected chi connectivity index (χ4v) is 3.20. The van der Waals surface area contributed by atoms with Crippen molar-refractivity contribution in [3.05, 3.63) is 29.6 Å². The highest BCUT2D eigenvalue weighted by Crippen LogP contribution is 2.39. The van der Waals surface area contributed by atoms with E-state index in [4.69, 9.17) is 4.74 Å². The lowest BCUT2D eigenvalue weighted by atomic mass is 9.70. The lowest BCUT2D eigenvalue weighted by Gasteiger charge is -2.41. The molecule has 0 radical (unpaired) electrons. The van der Waals surface area contributed by atoms with Gasteiger partial charge >= 0.3 is 0 Å². The van der Waals surface area contributed by atoms with Gasteiger partial charge in [0.25, 0.3) is 0 Å². The number of benzene rings is 1. The molecule has 1 aliphatic carbocycles. The van der Waals surface area contributed by atoms with Gasteiger partial charge in [0.2, 0.25) is 0 Å². The van der Waals surface area contributed by atoms with E-state index in [9.17, 15) is 4.39 Å². The van der Waals surface area contributed by atoms with Crippen molar-refractivity contribution in [3.63, 3.8) is 0 Å². The third-order valence-corrected chi connectivity index (χ3v) is 4.82. The summed E-state index contributed by atoms with van der Waals surface area (Å²) in [7, 11) is 1.98. The van der Waals surface area contributed by atoms with Crippen molar-refractivity contribution in [2.75, 3.05) is 7.05 Å². The van der Waals surface area contributed by atoms with Gasteiger partial charge < -0.3 is 10.1 Å². The Morgan fingerprint density at radius 3 is 2.52 bits per heavy atom. The second kappa shape index (κ2) is 6.35. The Labute approximate surface area is 128 Å². The maximum Gasteiger partial charge on any atom is 0.129 e. The molecule has 0 saturated heterocycles. The zero-order valence-corrected chi connectivity index (χ0v) is 13.9. The first kappa shape index (κ1) is 16.3. The van der Waals surface area contributed by atoms with Gasteiger partial charge in [-0.25, -0.2) is 4.39 Å². The molecule has 0 spiro atoms. The van der Waals surface area contributed by atoms with Crippen molar-refractivity contribution in [2.24, 2.45) is 11.3 Å². The second-order valence-electron chi connectivity index (χ2n) is 7.34. The summed E-state index contributed by atoms with van der Waals surface area (Å²) in [5.74, 6) is 1.08. The molecule has 2 rings (SSSR count). The Morgan fingerprint density at radius 1 is 1.24 bits per heavy atom. The fraction of sp³-hybridized carbons (Fsp3) is 0.667. The lowest BCUT2D eigenvalue weighted by molar-refractivity contribution is 0.0494. The molecule has 118 valence electrons. The molecule has 0 bridgehead atoms. The highest BCUT2D eigenvalue weighted by Gasteiger charge is 2.36. The van der Waals surface area contributed by atoms with Crippen molar-refractivity contribution < 1.29 is 9.13 Å². The molecular formula is C18H28FNO. The Morgan fingerprint density at radius 2 is 1.95 bits per heavy atom. The molecule has 0 amide bonds. The Hall–Kier alpha value is -1.09. The molecule has 1 saturated carbocycles. The molecule has 0 aromatic heterocycles. The van der Waals surface area contributed by atoms with Gasteiger partial charge in [-0.1, -0.05) is 26.8 Å². The molecule has 0 heterocycles. The van der Waals surface area contributed by atoms with Crippen LogP contribution in [0.2, 0.25) is 0 Å². The standard InChI is InChI=1S/C18H28FNO/c1-12-6-8-14(11-15(12)19)21-17-10-13(18(2,3)4)7-9-16(17)20-5/h6,8,11,13,16-17,20H,7,9-10H2,1-5H3. The Balaban J connectivity index is 2.12. The number of likely N-dealkylation sites (N-methyl/N-ethyl adjacent to an activating group) is 1. The van der Waals surface area contributed by atoms with E-state index in [-0.39, 0.29) is 11.9 Å². The van der Waals surface area contributed by atoms with Crippen molar-refractivity contribution >= 4 is 0 Å². The van der Waals surface area contributed by atoms with Gasteiger partial charge in [0.05, 0.1) is 0 Å². The molecule has 1 aliphatic rings. The number of halogens is 1. The summed E-state index contributed by atoms with van der Waals surface area (Å²) in [5, 5.41) is 3.35. The smallest absolute Gasteiger partial charge is 0.129 e. The van der Waals surface area contributed by atoms with Crippen LogP contribution >= 0.6 is 0 Å². The average Bonchev–Trinajstić information content (AvgIpc) is 2.42. The first-order valence-electron chi connectivity index (χ1n) is 7.91. The van der Waals surface area contributed by atoms with Gasteiger partial charge in [0.1, 0.15) is 17.7 Å². The third-order valence-electron chi connectivity index (χ3n) is 4.82. The molecule has 3 atom stereocenters. The van der Waals surface area contributed by atoms with Gasteiger partial charge in [-0.15, -0.1) is 0 Å². The molecule has 1 aromatic rings. The van der Waals surface area contributed by atoms with Crippen LogP contribution in [0.3, 0.4) is 0 Å². The lowest BCUT2D eigenvalue weighted by Crippen LogP contribution is -2.47. The number of aryl methyl sites for hydroxylation is 1. The van der Waals surface area contributed by atoms with Crippen LogP contribution in [-0.4, -0.2) is 19.2 Å². The minimum absolute atomic E-state index is 0.107. The summed E-state index contributed by atoms with van der Waals surface area (Å²) in [4.78, 5) is 0. The summed E-state index contributed by atoms with van der Waals surface area (Å²) in [6, 6.07) is 5.49. The average molecular weight is 293 g/mol. The quantitative estimate of drug-likeness (QED) is 0.896. The number of ether oxygens (including phenoxy) is 1. The monoisotopic (exact) mass is 293 g/mol. The summed E-state index contributed by atoms with van der Waals surface area (Å²) >= 11 is 0. The summed E-state index contributed by atoms with van der Waals surface area (Å²) in [6.45, 7) is 8.64. The SMILES string of the molecule is CNC1CCC(C(C)(C)C)CC1Oc1ccc(C)c(F)c1. The summed E-state index contributed by atoms with van der Waals surface area (Å²) < 4.78 is 19.8. The van der Waals surface area contributed by atoms with Crippen LogP contribution < -0.4 is 10.1 Å². The minimum atomic E-state index is -0.198. The normalized spacial score (nSPS) is 26.7. The molecule has 1 aromatic carbocycles. The molecule has 1 N–H and O–H groups in total. The highest BCUT2D eigenvalue weighted by atomic mass is 19.1. The molecule has 2 nitrogen and oxygen atoms in total. The topological polar surface area (TPSA) is 21.3 Å². The van der Waals surface area contributed by atoms with Gasteiger partial charge in [-0.2, -0.15) is 0 Å². The van der Waals surface area contributed by atoms with E-state index in [2.05, 4.69) is 26.1 Å². The van der Waals surface area contributed by atoms with Crippen molar-refractivity contribution in [1.82, 2.24) is 5.32 Å². The van der Waals surface area contributed by atoms with Gasteiger partial charge in [-0.05, 0) is 56.2 Å². The van der Waals surface area contributed by atoms with E-state index in [0.29, 0.717) is 28.7 Å². The molecule has 0 aliphatic heterocycles. The predicted molar refractivity (Wildman–Crippen MR) is 85.2 cm³/mol. The maximum absolute atomic E-state index is 13.7. The number of hydrogen-bond donors (Lipinski definition) is 1. The van der Waals surface area contributed by atoms with Crippen LogP contribution in [0.4, 0.5) is 4.39 Å². The first-order valence-corrected chi connectivity index (χ1v) is 7.91. The molecule has 21 heavy (non-hydrogen) atoms. The zero-order chi connectivity index (χ0) is 15.6. The first-order chi connectivity index (χ1) is 9.81. The van der Waals surface area contributed by atoms with E-state index < -0.39 is 0 Å². The van der Waals surface area contributed by atoms with E-state index in [1.54, 1.807) is 13.0 Å². The molecular weight excluding hydrogens is 265 g/mol. The van der Waals surface area contributed by atoms with Crippen LogP contribution in [0, 0.1) is 24.1 Å². The van der Waals surface area contributed by atoms with Crippen molar-refractivity contribution in [2.45, 2.75) is 59.1 Å². The van der Waals surface area contributed by atoms with Crippen LogP contribution in [-0.2, 0) is 0 Å². The summed E-state index contributed by atoms with van der Waals surface area (Å²) in [5.41, 5.74) is 0.947. The highest BCUT2D eigenvalue weighted by molar-refractivity contribution is 5.28. The van der Waals surface area contributed by atoms with Gasteiger partial charge in [-0.3, -0.25) is 0 Å². The van der Waals surface area contributed by atoms with E-state index >= 15 is 0 Å². The van der Waals surface area contributed by atoms with Gasteiger partial charge in [0, 0.05) is 12.1 Å². The molecule has 3 unspecified atom stereocenters. The van der Waals surface area contributed by atoms with E-state index in [1.165, 1.54) is 12.5 Å². The third kappa shape index (κ3) is 3.97. The predicted octanol–water partition coefficient (Wildman–Crippen LogP) is 4.32. The van der Waals surface area contributed by atoms with Crippen LogP contribution in [0.15, 0.2) is 18.2 Å². The maximum atomic E-state index is 13.7. The van der Waals surface area contributed by atoms with Crippen LogP contribution in [0.5, 0.6) is 5.75 Å². The van der Waals surface area contributed by atoms with Crippen molar-refractivity contribution in [3.8, 4) is 5.75 Å². The van der Waals surface area contributed by atoms with E-state index in [1.807, 2.05) is 13.1 Å². The summed E-state index contributed by atoms with van der Waals surface area (Å²) in [6.07, 6.45) is 3.45. The fourth-order valence-electron chi connectivity index (χ4n) is 3.20. The molecule has 3 heteroatoms. The van der Waals surface area contributed by atoms with E-state index in [0.717, 1.165) is 12.8 Å².